The second-order valence-corrected chi connectivity index (χ2v) is 5.82. The first kappa shape index (κ1) is 16.3. The first-order valence-corrected chi connectivity index (χ1v) is 8.41. The third kappa shape index (κ3) is 4.04. The molecule has 128 valence electrons. The van der Waals surface area contributed by atoms with Gasteiger partial charge in [-0.2, -0.15) is 0 Å². The lowest BCUT2D eigenvalue weighted by atomic mass is 10.1. The summed E-state index contributed by atoms with van der Waals surface area (Å²) in [6, 6.07) is 12.0. The molecule has 1 aliphatic rings. The molecule has 3 rings (SSSR count). The molecule has 3 N–H and O–H groups in total. The molecule has 0 saturated heterocycles. The molecule has 5 nitrogen and oxygen atoms in total. The summed E-state index contributed by atoms with van der Waals surface area (Å²) in [5, 5.41) is 3.41. The van der Waals surface area contributed by atoms with E-state index in [1.54, 1.807) is 0 Å². The summed E-state index contributed by atoms with van der Waals surface area (Å²) >= 11 is 0. The van der Waals surface area contributed by atoms with Crippen molar-refractivity contribution in [3.05, 3.63) is 42.0 Å². The summed E-state index contributed by atoms with van der Waals surface area (Å²) in [5.41, 5.74) is 9.03. The van der Waals surface area contributed by atoms with E-state index in [1.807, 2.05) is 30.3 Å². The van der Waals surface area contributed by atoms with Crippen molar-refractivity contribution in [3.8, 4) is 17.2 Å². The van der Waals surface area contributed by atoms with Crippen molar-refractivity contribution in [2.24, 2.45) is 0 Å². The van der Waals surface area contributed by atoms with Gasteiger partial charge in [-0.15, -0.1) is 0 Å². The Morgan fingerprint density at radius 2 is 2.00 bits per heavy atom. The molecule has 0 spiro atoms. The Kier molecular flexibility index (Phi) is 5.31. The number of anilines is 2. The minimum atomic E-state index is 0.304. The highest BCUT2D eigenvalue weighted by atomic mass is 16.7. The van der Waals surface area contributed by atoms with Crippen LogP contribution < -0.4 is 25.3 Å². The van der Waals surface area contributed by atoms with E-state index in [9.17, 15) is 0 Å². The van der Waals surface area contributed by atoms with Crippen molar-refractivity contribution < 1.29 is 14.2 Å². The monoisotopic (exact) mass is 328 g/mol. The Bertz CT molecular complexity index is 688. The summed E-state index contributed by atoms with van der Waals surface area (Å²) in [5.74, 6) is 2.39. The number of nitrogens with two attached hydrogens (primary N) is 1. The molecule has 1 heterocycles. The number of hydrogen-bond donors (Lipinski definition) is 2. The fourth-order valence-corrected chi connectivity index (χ4v) is 2.63. The van der Waals surface area contributed by atoms with Crippen LogP contribution in [0.25, 0.3) is 0 Å². The van der Waals surface area contributed by atoms with Crippen molar-refractivity contribution in [1.82, 2.24) is 0 Å². The second kappa shape index (κ2) is 7.81. The SMILES string of the molecule is CCCOc1ccc(CCCNc2ccc3c(c2)OCO3)cc1N. The van der Waals surface area contributed by atoms with Gasteiger partial charge in [0.1, 0.15) is 5.75 Å². The molecular formula is C19H24N2O3. The summed E-state index contributed by atoms with van der Waals surface area (Å²) in [6.07, 6.45) is 2.96. The maximum absolute atomic E-state index is 6.04. The number of ether oxygens (including phenoxy) is 3. The van der Waals surface area contributed by atoms with Crippen LogP contribution in [0.15, 0.2) is 36.4 Å². The average molecular weight is 328 g/mol. The molecule has 0 radical (unpaired) electrons. The van der Waals surface area contributed by atoms with E-state index in [4.69, 9.17) is 19.9 Å². The molecule has 24 heavy (non-hydrogen) atoms. The molecule has 0 unspecified atom stereocenters. The van der Waals surface area contributed by atoms with E-state index < -0.39 is 0 Å². The van der Waals surface area contributed by atoms with Gasteiger partial charge in [0.25, 0.3) is 0 Å². The Balaban J connectivity index is 1.45. The lowest BCUT2D eigenvalue weighted by molar-refractivity contribution is 0.174. The zero-order chi connectivity index (χ0) is 16.8. The zero-order valence-corrected chi connectivity index (χ0v) is 14.0. The Labute approximate surface area is 142 Å². The highest BCUT2D eigenvalue weighted by Gasteiger charge is 2.12. The van der Waals surface area contributed by atoms with E-state index in [-0.39, 0.29) is 0 Å². The number of rotatable bonds is 8. The van der Waals surface area contributed by atoms with Gasteiger partial charge >= 0.3 is 0 Å². The van der Waals surface area contributed by atoms with Gasteiger partial charge in [0, 0.05) is 18.3 Å². The highest BCUT2D eigenvalue weighted by molar-refractivity contribution is 5.56. The molecule has 2 aromatic rings. The van der Waals surface area contributed by atoms with Crippen LogP contribution in [0.3, 0.4) is 0 Å². The lowest BCUT2D eigenvalue weighted by Crippen LogP contribution is -2.04. The molecule has 0 aromatic heterocycles. The van der Waals surface area contributed by atoms with Crippen molar-refractivity contribution >= 4 is 11.4 Å². The number of nitrogens with one attached hydrogen (secondary N) is 1. The molecular weight excluding hydrogens is 304 g/mol. The highest BCUT2D eigenvalue weighted by Crippen LogP contribution is 2.34. The third-order valence-electron chi connectivity index (χ3n) is 3.88. The quantitative estimate of drug-likeness (QED) is 0.569. The molecule has 0 saturated carbocycles. The van der Waals surface area contributed by atoms with Crippen LogP contribution in [0.1, 0.15) is 25.3 Å². The predicted molar refractivity (Wildman–Crippen MR) is 96.0 cm³/mol. The van der Waals surface area contributed by atoms with Crippen molar-refractivity contribution in [2.45, 2.75) is 26.2 Å². The third-order valence-corrected chi connectivity index (χ3v) is 3.88. The van der Waals surface area contributed by atoms with Gasteiger partial charge in [-0.05, 0) is 49.1 Å². The Hall–Kier alpha value is -2.56. The van der Waals surface area contributed by atoms with Gasteiger partial charge in [-0.3, -0.25) is 0 Å². The van der Waals surface area contributed by atoms with Crippen LogP contribution in [0.4, 0.5) is 11.4 Å². The maximum atomic E-state index is 6.04. The minimum Gasteiger partial charge on any atom is -0.491 e. The largest absolute Gasteiger partial charge is 0.491 e. The van der Waals surface area contributed by atoms with Gasteiger partial charge < -0.3 is 25.3 Å². The number of nitrogen functional groups attached to an aromatic ring is 1. The van der Waals surface area contributed by atoms with Crippen LogP contribution in [-0.4, -0.2) is 19.9 Å². The minimum absolute atomic E-state index is 0.304. The van der Waals surface area contributed by atoms with Gasteiger partial charge in [0.15, 0.2) is 11.5 Å². The molecule has 0 fully saturated rings. The number of hydrogen-bond acceptors (Lipinski definition) is 5. The van der Waals surface area contributed by atoms with Crippen LogP contribution in [0, 0.1) is 0 Å². The summed E-state index contributed by atoms with van der Waals surface area (Å²) in [4.78, 5) is 0. The normalized spacial score (nSPS) is 12.2. The van der Waals surface area contributed by atoms with E-state index in [0.29, 0.717) is 19.1 Å². The second-order valence-electron chi connectivity index (χ2n) is 5.82. The number of benzene rings is 2. The summed E-state index contributed by atoms with van der Waals surface area (Å²) in [7, 11) is 0. The number of fused-ring (bicyclic) bond motifs is 1. The molecule has 2 aromatic carbocycles. The van der Waals surface area contributed by atoms with Crippen molar-refractivity contribution in [3.63, 3.8) is 0 Å². The summed E-state index contributed by atoms with van der Waals surface area (Å²) < 4.78 is 16.3. The topological polar surface area (TPSA) is 65.7 Å². The van der Waals surface area contributed by atoms with Gasteiger partial charge in [-0.1, -0.05) is 13.0 Å². The zero-order valence-electron chi connectivity index (χ0n) is 14.0. The Morgan fingerprint density at radius 1 is 1.12 bits per heavy atom. The molecule has 5 heteroatoms. The predicted octanol–water partition coefficient (Wildman–Crippen LogP) is 3.83. The van der Waals surface area contributed by atoms with E-state index >= 15 is 0 Å². The number of aryl methyl sites for hydroxylation is 1. The van der Waals surface area contributed by atoms with Crippen LogP contribution in [0.2, 0.25) is 0 Å². The van der Waals surface area contributed by atoms with E-state index in [1.165, 1.54) is 5.56 Å². The average Bonchev–Trinajstić information content (AvgIpc) is 3.06. The standard InChI is InChI=1S/C19H24N2O3/c1-2-10-22-17-7-5-14(11-16(17)20)4-3-9-21-15-6-8-18-19(12-15)24-13-23-18/h5-8,11-12,21H,2-4,9-10,13,20H2,1H3. The molecule has 0 amide bonds. The van der Waals surface area contributed by atoms with Crippen molar-refractivity contribution in [1.29, 1.82) is 0 Å². The fourth-order valence-electron chi connectivity index (χ4n) is 2.63. The van der Waals surface area contributed by atoms with Crippen LogP contribution >= 0.6 is 0 Å². The van der Waals surface area contributed by atoms with E-state index in [2.05, 4.69) is 18.3 Å². The van der Waals surface area contributed by atoms with E-state index in [0.717, 1.165) is 48.7 Å². The maximum Gasteiger partial charge on any atom is 0.231 e. The van der Waals surface area contributed by atoms with Crippen LogP contribution in [0.5, 0.6) is 17.2 Å². The van der Waals surface area contributed by atoms with Gasteiger partial charge in [0.05, 0.1) is 12.3 Å². The Morgan fingerprint density at radius 3 is 2.83 bits per heavy atom. The van der Waals surface area contributed by atoms with Crippen LogP contribution in [-0.2, 0) is 6.42 Å². The molecule has 1 aliphatic heterocycles. The molecule has 0 aliphatic carbocycles. The van der Waals surface area contributed by atoms with Crippen molar-refractivity contribution in [2.75, 3.05) is 31.0 Å². The summed E-state index contributed by atoms with van der Waals surface area (Å²) in [6.45, 7) is 3.96. The lowest BCUT2D eigenvalue weighted by Gasteiger charge is -2.10. The molecule has 0 atom stereocenters. The van der Waals surface area contributed by atoms with Gasteiger partial charge in [-0.25, -0.2) is 0 Å². The smallest absolute Gasteiger partial charge is 0.231 e. The first-order valence-electron chi connectivity index (χ1n) is 8.41. The first-order chi connectivity index (χ1) is 11.8. The fraction of sp³-hybridized carbons (Fsp3) is 0.368. The van der Waals surface area contributed by atoms with Gasteiger partial charge in [0.2, 0.25) is 6.79 Å². The molecule has 0 bridgehead atoms.